The second kappa shape index (κ2) is 5.98. The number of rotatable bonds is 3. The monoisotopic (exact) mass is 246 g/mol. The zero-order valence-electron chi connectivity index (χ0n) is 11.4. The highest BCUT2D eigenvalue weighted by molar-refractivity contribution is 5.92. The Bertz CT molecular complexity index is 399. The number of carbonyl (C=O) groups is 1. The molecule has 0 aliphatic carbocycles. The number of nitrogens with zero attached hydrogens (tertiary/aromatic N) is 2. The molecule has 2 heterocycles. The molecule has 2 rings (SSSR count). The van der Waals surface area contributed by atoms with Gasteiger partial charge in [0.15, 0.2) is 5.78 Å². The van der Waals surface area contributed by atoms with Gasteiger partial charge >= 0.3 is 0 Å². The van der Waals surface area contributed by atoms with E-state index < -0.39 is 0 Å². The van der Waals surface area contributed by atoms with Gasteiger partial charge in [-0.15, -0.1) is 0 Å². The first-order chi connectivity index (χ1) is 8.70. The minimum absolute atomic E-state index is 0.0310. The summed E-state index contributed by atoms with van der Waals surface area (Å²) in [5.74, 6) is 0.905. The van der Waals surface area contributed by atoms with E-state index >= 15 is 0 Å². The van der Waals surface area contributed by atoms with E-state index in [2.05, 4.69) is 16.8 Å². The minimum Gasteiger partial charge on any atom is -0.370 e. The van der Waals surface area contributed by atoms with Crippen molar-refractivity contribution < 1.29 is 4.79 Å². The van der Waals surface area contributed by atoms with E-state index in [4.69, 9.17) is 0 Å². The van der Waals surface area contributed by atoms with Gasteiger partial charge in [-0.3, -0.25) is 9.78 Å². The van der Waals surface area contributed by atoms with E-state index in [9.17, 15) is 4.79 Å². The van der Waals surface area contributed by atoms with Crippen molar-refractivity contribution in [1.29, 1.82) is 0 Å². The maximum Gasteiger partial charge on any atom is 0.178 e. The molecule has 1 unspecified atom stereocenters. The number of Topliss-reactive ketones (excluding diaryl/α,β-unsaturated/α-hetero) is 1. The standard InChI is InChI=1S/C15H22N2O/c1-3-13-5-4-9-17(10-8-13)14-6-7-15(12(2)18)16-11-14/h6-7,11,13H,3-5,8-10H2,1-2H3. The average molecular weight is 246 g/mol. The summed E-state index contributed by atoms with van der Waals surface area (Å²) in [6.45, 7) is 6.06. The lowest BCUT2D eigenvalue weighted by Gasteiger charge is -2.22. The topological polar surface area (TPSA) is 33.2 Å². The van der Waals surface area contributed by atoms with Crippen LogP contribution in [0.1, 0.15) is 50.0 Å². The summed E-state index contributed by atoms with van der Waals surface area (Å²) < 4.78 is 0. The highest BCUT2D eigenvalue weighted by atomic mass is 16.1. The Hall–Kier alpha value is -1.38. The van der Waals surface area contributed by atoms with Crippen LogP contribution in [0.4, 0.5) is 5.69 Å². The Labute approximate surface area is 109 Å². The fourth-order valence-electron chi connectivity index (χ4n) is 2.61. The van der Waals surface area contributed by atoms with E-state index in [0.29, 0.717) is 5.69 Å². The minimum atomic E-state index is 0.0310. The number of carbonyl (C=O) groups excluding carboxylic acids is 1. The average Bonchev–Trinajstić information content (AvgIpc) is 2.64. The molecule has 0 N–H and O–H groups in total. The van der Waals surface area contributed by atoms with Crippen molar-refractivity contribution in [3.05, 3.63) is 24.0 Å². The van der Waals surface area contributed by atoms with Crippen LogP contribution in [0.3, 0.4) is 0 Å². The van der Waals surface area contributed by atoms with E-state index in [1.807, 2.05) is 18.3 Å². The zero-order chi connectivity index (χ0) is 13.0. The van der Waals surface area contributed by atoms with Crippen molar-refractivity contribution in [3.63, 3.8) is 0 Å². The molecule has 1 aliphatic rings. The van der Waals surface area contributed by atoms with Gasteiger partial charge in [0.2, 0.25) is 0 Å². The summed E-state index contributed by atoms with van der Waals surface area (Å²) in [5, 5.41) is 0. The van der Waals surface area contributed by atoms with Crippen LogP contribution in [0.2, 0.25) is 0 Å². The summed E-state index contributed by atoms with van der Waals surface area (Å²) in [6, 6.07) is 3.86. The molecule has 1 aliphatic heterocycles. The molecule has 0 bridgehead atoms. The quantitative estimate of drug-likeness (QED) is 0.767. The molecule has 0 spiro atoms. The first kappa shape index (κ1) is 13.1. The zero-order valence-corrected chi connectivity index (χ0v) is 11.4. The van der Waals surface area contributed by atoms with Crippen LogP contribution in [-0.2, 0) is 0 Å². The summed E-state index contributed by atoms with van der Waals surface area (Å²) in [4.78, 5) is 17.8. The smallest absolute Gasteiger partial charge is 0.178 e. The summed E-state index contributed by atoms with van der Waals surface area (Å²) >= 11 is 0. The number of hydrogen-bond acceptors (Lipinski definition) is 3. The van der Waals surface area contributed by atoms with Crippen molar-refractivity contribution in [3.8, 4) is 0 Å². The van der Waals surface area contributed by atoms with Crippen LogP contribution in [0.15, 0.2) is 18.3 Å². The lowest BCUT2D eigenvalue weighted by molar-refractivity contribution is 0.101. The summed E-state index contributed by atoms with van der Waals surface area (Å²) in [6.07, 6.45) is 6.99. The Kier molecular flexibility index (Phi) is 4.34. The second-order valence-corrected chi connectivity index (χ2v) is 5.15. The third kappa shape index (κ3) is 3.09. The van der Waals surface area contributed by atoms with Crippen molar-refractivity contribution in [1.82, 2.24) is 4.98 Å². The second-order valence-electron chi connectivity index (χ2n) is 5.15. The Balaban J connectivity index is 2.04. The summed E-state index contributed by atoms with van der Waals surface area (Å²) in [7, 11) is 0. The normalized spacial score (nSPS) is 20.6. The van der Waals surface area contributed by atoms with Gasteiger partial charge in [0, 0.05) is 20.0 Å². The van der Waals surface area contributed by atoms with Gasteiger partial charge in [-0.1, -0.05) is 13.3 Å². The number of pyridine rings is 1. The molecule has 18 heavy (non-hydrogen) atoms. The highest BCUT2D eigenvalue weighted by Gasteiger charge is 2.16. The van der Waals surface area contributed by atoms with Gasteiger partial charge < -0.3 is 4.90 Å². The van der Waals surface area contributed by atoms with Gasteiger partial charge in [-0.05, 0) is 37.3 Å². The van der Waals surface area contributed by atoms with Gasteiger partial charge in [0.05, 0.1) is 11.9 Å². The molecule has 1 saturated heterocycles. The molecule has 0 amide bonds. The van der Waals surface area contributed by atoms with Crippen LogP contribution in [0.5, 0.6) is 0 Å². The number of ketones is 1. The maximum absolute atomic E-state index is 11.2. The molecule has 0 saturated carbocycles. The maximum atomic E-state index is 11.2. The van der Waals surface area contributed by atoms with Gasteiger partial charge in [0.1, 0.15) is 5.69 Å². The van der Waals surface area contributed by atoms with E-state index in [0.717, 1.165) is 24.7 Å². The lowest BCUT2D eigenvalue weighted by Crippen LogP contribution is -2.24. The predicted octanol–water partition coefficient (Wildman–Crippen LogP) is 3.30. The lowest BCUT2D eigenvalue weighted by atomic mass is 9.98. The van der Waals surface area contributed by atoms with Crippen LogP contribution in [-0.4, -0.2) is 23.9 Å². The van der Waals surface area contributed by atoms with Crippen molar-refractivity contribution >= 4 is 11.5 Å². The largest absolute Gasteiger partial charge is 0.370 e. The Morgan fingerprint density at radius 2 is 2.22 bits per heavy atom. The van der Waals surface area contributed by atoms with Gasteiger partial charge in [-0.2, -0.15) is 0 Å². The van der Waals surface area contributed by atoms with E-state index in [1.54, 1.807) is 6.92 Å². The Morgan fingerprint density at radius 1 is 1.39 bits per heavy atom. The van der Waals surface area contributed by atoms with Gasteiger partial charge in [-0.25, -0.2) is 0 Å². The first-order valence-corrected chi connectivity index (χ1v) is 6.92. The SMILES string of the molecule is CCC1CCCN(c2ccc(C(C)=O)nc2)CC1. The fraction of sp³-hybridized carbons (Fsp3) is 0.600. The fourth-order valence-corrected chi connectivity index (χ4v) is 2.61. The molecule has 3 nitrogen and oxygen atoms in total. The van der Waals surface area contributed by atoms with Crippen molar-refractivity contribution in [2.75, 3.05) is 18.0 Å². The Morgan fingerprint density at radius 3 is 2.83 bits per heavy atom. The van der Waals surface area contributed by atoms with Crippen LogP contribution < -0.4 is 4.90 Å². The van der Waals surface area contributed by atoms with Crippen molar-refractivity contribution in [2.45, 2.75) is 39.5 Å². The van der Waals surface area contributed by atoms with Crippen molar-refractivity contribution in [2.24, 2.45) is 5.92 Å². The van der Waals surface area contributed by atoms with Gasteiger partial charge in [0.25, 0.3) is 0 Å². The molecular weight excluding hydrogens is 224 g/mol. The predicted molar refractivity (Wildman–Crippen MR) is 74.1 cm³/mol. The molecule has 1 fully saturated rings. The van der Waals surface area contributed by atoms with Crippen LogP contribution in [0.25, 0.3) is 0 Å². The number of anilines is 1. The molecule has 1 aromatic heterocycles. The first-order valence-electron chi connectivity index (χ1n) is 6.92. The summed E-state index contributed by atoms with van der Waals surface area (Å²) in [5.41, 5.74) is 1.71. The van der Waals surface area contributed by atoms with E-state index in [1.165, 1.54) is 25.7 Å². The van der Waals surface area contributed by atoms with Crippen LogP contribution >= 0.6 is 0 Å². The molecule has 3 heteroatoms. The number of aromatic nitrogens is 1. The molecule has 98 valence electrons. The van der Waals surface area contributed by atoms with Crippen LogP contribution in [0, 0.1) is 5.92 Å². The third-order valence-corrected chi connectivity index (χ3v) is 3.90. The molecular formula is C15H22N2O. The molecule has 0 aromatic carbocycles. The third-order valence-electron chi connectivity index (χ3n) is 3.90. The highest BCUT2D eigenvalue weighted by Crippen LogP contribution is 2.24. The number of hydrogen-bond donors (Lipinski definition) is 0. The molecule has 1 aromatic rings. The van der Waals surface area contributed by atoms with E-state index in [-0.39, 0.29) is 5.78 Å². The molecule has 1 atom stereocenters. The molecule has 0 radical (unpaired) electrons.